The van der Waals surface area contributed by atoms with Crippen LogP contribution in [0.5, 0.6) is 0 Å². The van der Waals surface area contributed by atoms with Gasteiger partial charge in [0.25, 0.3) is 0 Å². The third-order valence-electron chi connectivity index (χ3n) is 2.69. The number of benzene rings is 1. The van der Waals surface area contributed by atoms with Gasteiger partial charge in [-0.1, -0.05) is 0 Å². The first kappa shape index (κ1) is 12.4. The molecule has 1 aromatic heterocycles. The molecule has 1 amide bonds. The summed E-state index contributed by atoms with van der Waals surface area (Å²) in [5.74, 6) is -0.0121. The molecule has 18 heavy (non-hydrogen) atoms. The molecule has 0 atom stereocenters. The van der Waals surface area contributed by atoms with Crippen molar-refractivity contribution in [3.8, 4) is 0 Å². The molecule has 1 aromatic carbocycles. The first-order chi connectivity index (χ1) is 8.60. The normalized spacial score (nSPS) is 10.8. The summed E-state index contributed by atoms with van der Waals surface area (Å²) in [6.07, 6.45) is 2.68. The maximum atomic E-state index is 11.7. The number of aldehydes is 1. The summed E-state index contributed by atoms with van der Waals surface area (Å²) >= 11 is 0. The van der Waals surface area contributed by atoms with Crippen LogP contribution in [0.25, 0.3) is 10.9 Å². The molecule has 4 heteroatoms. The van der Waals surface area contributed by atoms with E-state index >= 15 is 0 Å². The maximum Gasteiger partial charge on any atom is 0.240 e. The average molecular weight is 244 g/mol. The predicted octanol–water partition coefficient (Wildman–Crippen LogP) is 1.98. The van der Waals surface area contributed by atoms with Crippen LogP contribution in [0.3, 0.4) is 0 Å². The minimum absolute atomic E-state index is 0.0121. The summed E-state index contributed by atoms with van der Waals surface area (Å²) in [4.78, 5) is 22.4. The Labute approximate surface area is 106 Å². The van der Waals surface area contributed by atoms with Gasteiger partial charge >= 0.3 is 0 Å². The van der Waals surface area contributed by atoms with Gasteiger partial charge in [0.05, 0.1) is 0 Å². The molecule has 1 N–H and O–H groups in total. The number of amides is 1. The Hall–Kier alpha value is -2.10. The summed E-state index contributed by atoms with van der Waals surface area (Å²) in [6, 6.07) is 7.49. The molecule has 0 radical (unpaired) electrons. The van der Waals surface area contributed by atoms with Crippen LogP contribution in [0.4, 0.5) is 0 Å². The SMILES string of the molecule is CC(C)NC(=O)Cn1ccc2cc(C=O)ccc21. The third kappa shape index (κ3) is 2.59. The molecular weight excluding hydrogens is 228 g/mol. The first-order valence-electron chi connectivity index (χ1n) is 5.93. The van der Waals surface area contributed by atoms with Crippen LogP contribution in [-0.4, -0.2) is 22.8 Å². The molecule has 0 aliphatic heterocycles. The van der Waals surface area contributed by atoms with Crippen LogP contribution in [0, 0.1) is 0 Å². The quantitative estimate of drug-likeness (QED) is 0.836. The zero-order valence-electron chi connectivity index (χ0n) is 10.5. The van der Waals surface area contributed by atoms with Crippen molar-refractivity contribution in [1.29, 1.82) is 0 Å². The number of fused-ring (bicyclic) bond motifs is 1. The lowest BCUT2D eigenvalue weighted by Crippen LogP contribution is -2.32. The van der Waals surface area contributed by atoms with Gasteiger partial charge in [-0.25, -0.2) is 0 Å². The summed E-state index contributed by atoms with van der Waals surface area (Å²) in [5, 5.41) is 3.82. The smallest absolute Gasteiger partial charge is 0.240 e. The van der Waals surface area contributed by atoms with Crippen molar-refractivity contribution in [2.24, 2.45) is 0 Å². The van der Waals surface area contributed by atoms with Gasteiger partial charge < -0.3 is 9.88 Å². The van der Waals surface area contributed by atoms with E-state index in [0.29, 0.717) is 12.1 Å². The third-order valence-corrected chi connectivity index (χ3v) is 2.69. The average Bonchev–Trinajstić information content (AvgIpc) is 2.70. The van der Waals surface area contributed by atoms with Gasteiger partial charge in [0.2, 0.25) is 5.91 Å². The minimum Gasteiger partial charge on any atom is -0.352 e. The van der Waals surface area contributed by atoms with E-state index in [-0.39, 0.29) is 11.9 Å². The maximum absolute atomic E-state index is 11.7. The van der Waals surface area contributed by atoms with Gasteiger partial charge in [-0.05, 0) is 38.1 Å². The summed E-state index contributed by atoms with van der Waals surface area (Å²) in [5.41, 5.74) is 1.60. The van der Waals surface area contributed by atoms with Crippen LogP contribution in [0.2, 0.25) is 0 Å². The Balaban J connectivity index is 2.24. The highest BCUT2D eigenvalue weighted by atomic mass is 16.2. The molecule has 2 rings (SSSR count). The Morgan fingerprint density at radius 1 is 1.39 bits per heavy atom. The second-order valence-corrected chi connectivity index (χ2v) is 4.60. The molecule has 0 unspecified atom stereocenters. The fourth-order valence-electron chi connectivity index (χ4n) is 1.95. The topological polar surface area (TPSA) is 51.1 Å². The molecule has 1 heterocycles. The van der Waals surface area contributed by atoms with Crippen molar-refractivity contribution >= 4 is 23.1 Å². The summed E-state index contributed by atoms with van der Waals surface area (Å²) in [6.45, 7) is 4.16. The molecule has 2 aromatic rings. The first-order valence-corrected chi connectivity index (χ1v) is 5.93. The van der Waals surface area contributed by atoms with Gasteiger partial charge in [-0.2, -0.15) is 0 Å². The fraction of sp³-hybridized carbons (Fsp3) is 0.286. The lowest BCUT2D eigenvalue weighted by Gasteiger charge is -2.09. The standard InChI is InChI=1S/C14H16N2O2/c1-10(2)15-14(18)8-16-6-5-12-7-11(9-17)3-4-13(12)16/h3-7,9-10H,8H2,1-2H3,(H,15,18). The number of carbonyl (C=O) groups is 2. The van der Waals surface area contributed by atoms with Gasteiger partial charge in [0.15, 0.2) is 0 Å². The van der Waals surface area contributed by atoms with Gasteiger partial charge in [-0.15, -0.1) is 0 Å². The number of aromatic nitrogens is 1. The molecular formula is C14H16N2O2. The van der Waals surface area contributed by atoms with Gasteiger partial charge in [0, 0.05) is 28.7 Å². The van der Waals surface area contributed by atoms with Crippen LogP contribution in [-0.2, 0) is 11.3 Å². The Morgan fingerprint density at radius 2 is 2.17 bits per heavy atom. The largest absolute Gasteiger partial charge is 0.352 e. The zero-order valence-corrected chi connectivity index (χ0v) is 10.5. The monoisotopic (exact) mass is 244 g/mol. The van der Waals surface area contributed by atoms with Crippen molar-refractivity contribution in [2.45, 2.75) is 26.4 Å². The van der Waals surface area contributed by atoms with Crippen LogP contribution >= 0.6 is 0 Å². The lowest BCUT2D eigenvalue weighted by molar-refractivity contribution is -0.122. The molecule has 4 nitrogen and oxygen atoms in total. The molecule has 0 saturated carbocycles. The van der Waals surface area contributed by atoms with E-state index in [1.807, 2.05) is 42.8 Å². The van der Waals surface area contributed by atoms with Crippen molar-refractivity contribution in [3.05, 3.63) is 36.0 Å². The Morgan fingerprint density at radius 3 is 2.83 bits per heavy atom. The van der Waals surface area contributed by atoms with E-state index < -0.39 is 0 Å². The van der Waals surface area contributed by atoms with E-state index in [4.69, 9.17) is 0 Å². The second-order valence-electron chi connectivity index (χ2n) is 4.60. The number of hydrogen-bond donors (Lipinski definition) is 1. The van der Waals surface area contributed by atoms with E-state index in [0.717, 1.165) is 17.2 Å². The molecule has 0 bridgehead atoms. The number of nitrogens with zero attached hydrogens (tertiary/aromatic N) is 1. The Kier molecular flexibility index (Phi) is 3.46. The van der Waals surface area contributed by atoms with E-state index in [2.05, 4.69) is 5.32 Å². The van der Waals surface area contributed by atoms with Gasteiger partial charge in [0.1, 0.15) is 12.8 Å². The highest BCUT2D eigenvalue weighted by Gasteiger charge is 2.07. The molecule has 0 spiro atoms. The highest BCUT2D eigenvalue weighted by molar-refractivity contribution is 5.88. The van der Waals surface area contributed by atoms with Crippen molar-refractivity contribution < 1.29 is 9.59 Å². The van der Waals surface area contributed by atoms with Crippen molar-refractivity contribution in [3.63, 3.8) is 0 Å². The van der Waals surface area contributed by atoms with E-state index in [1.54, 1.807) is 6.07 Å². The summed E-state index contributed by atoms with van der Waals surface area (Å²) < 4.78 is 1.88. The second kappa shape index (κ2) is 5.04. The Bertz CT molecular complexity index is 584. The molecule has 94 valence electrons. The van der Waals surface area contributed by atoms with Crippen LogP contribution in [0.1, 0.15) is 24.2 Å². The highest BCUT2D eigenvalue weighted by Crippen LogP contribution is 2.16. The summed E-state index contributed by atoms with van der Waals surface area (Å²) in [7, 11) is 0. The van der Waals surface area contributed by atoms with E-state index in [1.165, 1.54) is 0 Å². The number of hydrogen-bond acceptors (Lipinski definition) is 2. The number of rotatable bonds is 4. The number of nitrogens with one attached hydrogen (secondary N) is 1. The fourth-order valence-corrected chi connectivity index (χ4v) is 1.95. The van der Waals surface area contributed by atoms with E-state index in [9.17, 15) is 9.59 Å². The van der Waals surface area contributed by atoms with Crippen molar-refractivity contribution in [1.82, 2.24) is 9.88 Å². The zero-order chi connectivity index (χ0) is 13.1. The lowest BCUT2D eigenvalue weighted by atomic mass is 10.2. The molecule has 0 aliphatic rings. The number of carbonyl (C=O) groups excluding carboxylic acids is 2. The van der Waals surface area contributed by atoms with Gasteiger partial charge in [-0.3, -0.25) is 9.59 Å². The van der Waals surface area contributed by atoms with Crippen LogP contribution in [0.15, 0.2) is 30.5 Å². The minimum atomic E-state index is -0.0121. The molecule has 0 aliphatic carbocycles. The molecule has 0 fully saturated rings. The molecule has 0 saturated heterocycles. The predicted molar refractivity (Wildman–Crippen MR) is 70.6 cm³/mol. The van der Waals surface area contributed by atoms with Crippen LogP contribution < -0.4 is 5.32 Å². The van der Waals surface area contributed by atoms with Crippen molar-refractivity contribution in [2.75, 3.05) is 0 Å².